The minimum absolute atomic E-state index is 0.478. The molecule has 9 heavy (non-hydrogen) atoms. The lowest BCUT2D eigenvalue weighted by molar-refractivity contribution is 0.541. The number of aliphatic imine (C=N–C) groups is 1. The van der Waals surface area contributed by atoms with Gasteiger partial charge in [-0.15, -0.1) is 0 Å². The molecule has 0 aromatic carbocycles. The molecule has 0 aliphatic heterocycles. The molecular weight excluding hydrogens is 112 g/mol. The summed E-state index contributed by atoms with van der Waals surface area (Å²) in [7, 11) is 0. The van der Waals surface area contributed by atoms with Crippen molar-refractivity contribution in [2.24, 2.45) is 16.8 Å². The molecule has 1 N–H and O–H groups in total. The second-order valence-corrected chi connectivity index (χ2v) is 2.53. The number of nitrogens with zero attached hydrogens (tertiary/aromatic N) is 1. The highest BCUT2D eigenvalue weighted by molar-refractivity contribution is 5.72. The molecule has 0 saturated carbocycles. The van der Waals surface area contributed by atoms with Gasteiger partial charge >= 0.3 is 0 Å². The SMILES string of the molecule is CC(C)C(C)/C=N\C=N. The average molecular weight is 126 g/mol. The number of hydrogen-bond acceptors (Lipinski definition) is 1. The van der Waals surface area contributed by atoms with Gasteiger partial charge in [0.15, 0.2) is 0 Å². The maximum Gasteiger partial charge on any atom is 0.106 e. The smallest absolute Gasteiger partial charge is 0.106 e. The van der Waals surface area contributed by atoms with Crippen LogP contribution in [0.3, 0.4) is 0 Å². The quantitative estimate of drug-likeness (QED) is 0.443. The molecule has 0 bridgehead atoms. The second-order valence-electron chi connectivity index (χ2n) is 2.53. The monoisotopic (exact) mass is 126 g/mol. The van der Waals surface area contributed by atoms with Gasteiger partial charge in [0.25, 0.3) is 0 Å². The molecule has 1 atom stereocenters. The predicted molar refractivity (Wildman–Crippen MR) is 41.3 cm³/mol. The average Bonchev–Trinajstić information content (AvgIpc) is 1.82. The van der Waals surface area contributed by atoms with E-state index in [-0.39, 0.29) is 0 Å². The van der Waals surface area contributed by atoms with Crippen LogP contribution in [0.25, 0.3) is 0 Å². The zero-order valence-corrected chi connectivity index (χ0v) is 6.26. The molecule has 0 fully saturated rings. The first-order valence-electron chi connectivity index (χ1n) is 3.20. The van der Waals surface area contributed by atoms with Crippen molar-refractivity contribution in [2.75, 3.05) is 0 Å². The Bertz CT molecular complexity index is 105. The zero-order chi connectivity index (χ0) is 7.28. The van der Waals surface area contributed by atoms with Crippen LogP contribution < -0.4 is 0 Å². The molecule has 1 unspecified atom stereocenters. The fourth-order valence-electron chi connectivity index (χ4n) is 0.351. The molecule has 0 aliphatic rings. The molecule has 0 radical (unpaired) electrons. The van der Waals surface area contributed by atoms with Gasteiger partial charge in [0, 0.05) is 6.21 Å². The van der Waals surface area contributed by atoms with Crippen molar-refractivity contribution in [1.29, 1.82) is 5.41 Å². The Morgan fingerprint density at radius 2 is 1.89 bits per heavy atom. The highest BCUT2D eigenvalue weighted by Crippen LogP contribution is 2.05. The van der Waals surface area contributed by atoms with E-state index in [1.54, 1.807) is 6.21 Å². The molecular formula is C7H14N2. The van der Waals surface area contributed by atoms with Gasteiger partial charge < -0.3 is 0 Å². The van der Waals surface area contributed by atoms with Gasteiger partial charge in [0.1, 0.15) is 6.34 Å². The van der Waals surface area contributed by atoms with Crippen LogP contribution in [0, 0.1) is 17.2 Å². The normalized spacial score (nSPS) is 14.7. The number of rotatable bonds is 3. The molecule has 2 heteroatoms. The first-order chi connectivity index (χ1) is 4.18. The van der Waals surface area contributed by atoms with E-state index in [4.69, 9.17) is 5.41 Å². The highest BCUT2D eigenvalue weighted by Gasteiger charge is 2.01. The van der Waals surface area contributed by atoms with Gasteiger partial charge in [-0.3, -0.25) is 5.41 Å². The van der Waals surface area contributed by atoms with Crippen molar-refractivity contribution in [2.45, 2.75) is 20.8 Å². The highest BCUT2D eigenvalue weighted by atomic mass is 14.7. The van der Waals surface area contributed by atoms with E-state index in [1.165, 1.54) is 0 Å². The van der Waals surface area contributed by atoms with Crippen molar-refractivity contribution in [1.82, 2.24) is 0 Å². The summed E-state index contributed by atoms with van der Waals surface area (Å²) in [6, 6.07) is 0. The lowest BCUT2D eigenvalue weighted by Crippen LogP contribution is -2.04. The molecule has 0 rings (SSSR count). The van der Waals surface area contributed by atoms with Gasteiger partial charge in [0.05, 0.1) is 0 Å². The Hall–Kier alpha value is -0.660. The van der Waals surface area contributed by atoms with Crippen molar-refractivity contribution in [3.63, 3.8) is 0 Å². The van der Waals surface area contributed by atoms with E-state index in [9.17, 15) is 0 Å². The fraction of sp³-hybridized carbons (Fsp3) is 0.714. The largest absolute Gasteiger partial charge is 0.290 e. The Kier molecular flexibility index (Phi) is 3.93. The minimum Gasteiger partial charge on any atom is -0.290 e. The van der Waals surface area contributed by atoms with E-state index in [2.05, 4.69) is 25.8 Å². The predicted octanol–water partition coefficient (Wildman–Crippen LogP) is 1.96. The number of nitrogens with one attached hydrogen (secondary N) is 1. The van der Waals surface area contributed by atoms with Crippen LogP contribution in [-0.2, 0) is 0 Å². The van der Waals surface area contributed by atoms with Crippen molar-refractivity contribution in [3.8, 4) is 0 Å². The van der Waals surface area contributed by atoms with Crippen molar-refractivity contribution < 1.29 is 0 Å². The van der Waals surface area contributed by atoms with Crippen LogP contribution in [0.4, 0.5) is 0 Å². The maximum absolute atomic E-state index is 6.61. The second kappa shape index (κ2) is 4.24. The summed E-state index contributed by atoms with van der Waals surface area (Å²) in [5.74, 6) is 1.10. The lowest BCUT2D eigenvalue weighted by atomic mass is 10.00. The zero-order valence-electron chi connectivity index (χ0n) is 6.26. The summed E-state index contributed by atoms with van der Waals surface area (Å²) in [6.45, 7) is 6.37. The van der Waals surface area contributed by atoms with Crippen LogP contribution >= 0.6 is 0 Å². The van der Waals surface area contributed by atoms with E-state index in [0.29, 0.717) is 11.8 Å². The number of hydrogen-bond donors (Lipinski definition) is 1. The first-order valence-corrected chi connectivity index (χ1v) is 3.20. The topological polar surface area (TPSA) is 36.2 Å². The molecule has 0 heterocycles. The van der Waals surface area contributed by atoms with E-state index in [0.717, 1.165) is 6.34 Å². The van der Waals surface area contributed by atoms with E-state index in [1.807, 2.05) is 0 Å². The molecule has 0 spiro atoms. The molecule has 0 aromatic rings. The standard InChI is InChI=1S/C7H14N2/c1-6(2)7(3)4-9-5-8/h4-8H,1-3H3/b8-5?,9-4-. The third-order valence-electron chi connectivity index (χ3n) is 1.45. The van der Waals surface area contributed by atoms with E-state index >= 15 is 0 Å². The lowest BCUT2D eigenvalue weighted by Gasteiger charge is -2.07. The van der Waals surface area contributed by atoms with Gasteiger partial charge in [-0.2, -0.15) is 0 Å². The molecule has 52 valence electrons. The van der Waals surface area contributed by atoms with Crippen molar-refractivity contribution >= 4 is 12.6 Å². The summed E-state index contributed by atoms with van der Waals surface area (Å²) in [5.41, 5.74) is 0. The summed E-state index contributed by atoms with van der Waals surface area (Å²) in [5, 5.41) is 6.61. The van der Waals surface area contributed by atoms with Gasteiger partial charge in [-0.1, -0.05) is 20.8 Å². The van der Waals surface area contributed by atoms with E-state index < -0.39 is 0 Å². The van der Waals surface area contributed by atoms with Crippen LogP contribution in [0.2, 0.25) is 0 Å². The summed E-state index contributed by atoms with van der Waals surface area (Å²) in [4.78, 5) is 3.71. The molecule has 0 aromatic heterocycles. The summed E-state index contributed by atoms with van der Waals surface area (Å²) >= 11 is 0. The Labute approximate surface area is 56.5 Å². The third kappa shape index (κ3) is 3.88. The molecule has 0 aliphatic carbocycles. The Balaban J connectivity index is 3.61. The van der Waals surface area contributed by atoms with Gasteiger partial charge in [0.2, 0.25) is 0 Å². The van der Waals surface area contributed by atoms with Crippen molar-refractivity contribution in [3.05, 3.63) is 0 Å². The maximum atomic E-state index is 6.61. The molecule has 2 nitrogen and oxygen atoms in total. The Morgan fingerprint density at radius 3 is 2.22 bits per heavy atom. The third-order valence-corrected chi connectivity index (χ3v) is 1.45. The van der Waals surface area contributed by atoms with Crippen LogP contribution in [0.15, 0.2) is 4.99 Å². The van der Waals surface area contributed by atoms with Crippen LogP contribution in [0.1, 0.15) is 20.8 Å². The van der Waals surface area contributed by atoms with Gasteiger partial charge in [-0.05, 0) is 11.8 Å². The first kappa shape index (κ1) is 8.34. The summed E-state index contributed by atoms with van der Waals surface area (Å²) < 4.78 is 0. The van der Waals surface area contributed by atoms with Crippen LogP contribution in [-0.4, -0.2) is 12.6 Å². The molecule has 0 saturated heterocycles. The molecule has 0 amide bonds. The Morgan fingerprint density at radius 1 is 1.33 bits per heavy atom. The van der Waals surface area contributed by atoms with Gasteiger partial charge in [-0.25, -0.2) is 4.99 Å². The fourth-order valence-corrected chi connectivity index (χ4v) is 0.351. The van der Waals surface area contributed by atoms with Crippen LogP contribution in [0.5, 0.6) is 0 Å². The summed E-state index contributed by atoms with van der Waals surface area (Å²) in [6.07, 6.45) is 2.87. The minimum atomic E-state index is 0.478.